The second-order valence-electron chi connectivity index (χ2n) is 21.5. The molecule has 0 saturated heterocycles. The third kappa shape index (κ3) is 9.50. The highest BCUT2D eigenvalue weighted by molar-refractivity contribution is 6.15. The lowest BCUT2D eigenvalue weighted by molar-refractivity contribution is -0.137. The number of aromatic nitrogens is 2. The van der Waals surface area contributed by atoms with E-state index in [2.05, 4.69) is 51.0 Å². The summed E-state index contributed by atoms with van der Waals surface area (Å²) in [5, 5.41) is 65.2. The van der Waals surface area contributed by atoms with E-state index in [0.29, 0.717) is 133 Å². The number of nitriles is 6. The molecule has 420 valence electrons. The van der Waals surface area contributed by atoms with Gasteiger partial charge in [0.15, 0.2) is 17.1 Å². The molecule has 0 fully saturated rings. The van der Waals surface area contributed by atoms with Gasteiger partial charge in [0, 0.05) is 49.4 Å². The van der Waals surface area contributed by atoms with Crippen LogP contribution in [0.5, 0.6) is 0 Å². The molecule has 14 heteroatoms. The monoisotopic (exact) mass is 1170 g/mol. The third-order valence-electron chi connectivity index (χ3n) is 16.4. The Morgan fingerprint density at radius 3 is 1.24 bits per heavy atom. The Morgan fingerprint density at radius 1 is 0.363 bits per heavy atom. The fourth-order valence-electron chi connectivity index (χ4n) is 12.4. The number of nitrogens with zero attached hydrogens (tertiary/aromatic N) is 11. The molecule has 13 rings (SSSR count). The number of hydrogen-bond acceptors (Lipinski definition) is 6. The molecule has 91 heavy (non-hydrogen) atoms. The standard InChI is InChI=1S/C77H36F3N11/c1-44-27-52(31-56(28-44)77(78,79)80)63-8-6-10-74(91-71-25-15-49(61-22-18-58(88-3)33-55(61)43-86)36-66(71)67-37-50(16-26-72(67)91)62-20-12-46(39-82)30-68(62)89-4)76(63)75-51(40-83)7-5-9-73(75)90-69-23-13-47(59-19-11-45(38-81)29-53(59)41-84)34-64(69)65-35-48(14-24-70(65)90)60-21-17-57(87-2)32-54(60)42-85/h5-37H,1H3. The Bertz CT molecular complexity index is 5530. The predicted molar refractivity (Wildman–Crippen MR) is 345 cm³/mol. The molecule has 2 heterocycles. The number of hydrogen-bond donors (Lipinski definition) is 0. The van der Waals surface area contributed by atoms with Gasteiger partial charge in [0.05, 0.1) is 112 Å². The van der Waals surface area contributed by atoms with E-state index in [0.717, 1.165) is 12.1 Å². The zero-order chi connectivity index (χ0) is 63.4. The van der Waals surface area contributed by atoms with E-state index in [4.69, 9.17) is 19.7 Å². The number of benzene rings is 11. The Labute approximate surface area is 518 Å². The zero-order valence-electron chi connectivity index (χ0n) is 47.6. The lowest BCUT2D eigenvalue weighted by atomic mass is 9.88. The van der Waals surface area contributed by atoms with Crippen molar-refractivity contribution in [2.45, 2.75) is 13.1 Å². The van der Waals surface area contributed by atoms with Crippen LogP contribution in [0.15, 0.2) is 200 Å². The van der Waals surface area contributed by atoms with E-state index < -0.39 is 11.7 Å². The van der Waals surface area contributed by atoms with Gasteiger partial charge in [0.1, 0.15) is 0 Å². The second-order valence-corrected chi connectivity index (χ2v) is 21.5. The number of rotatable bonds is 8. The second kappa shape index (κ2) is 22.3. The van der Waals surface area contributed by atoms with E-state index in [1.165, 1.54) is 24.3 Å². The average Bonchev–Trinajstić information content (AvgIpc) is 1.62. The van der Waals surface area contributed by atoms with Crippen LogP contribution < -0.4 is 0 Å². The summed E-state index contributed by atoms with van der Waals surface area (Å²) in [6.45, 7) is 25.1. The average molecular weight is 1170 g/mol. The molecule has 0 atom stereocenters. The highest BCUT2D eigenvalue weighted by Gasteiger charge is 2.33. The van der Waals surface area contributed by atoms with Crippen molar-refractivity contribution in [2.24, 2.45) is 0 Å². The molecule has 0 aliphatic heterocycles. The lowest BCUT2D eigenvalue weighted by Gasteiger charge is -2.23. The first-order valence-electron chi connectivity index (χ1n) is 28.0. The number of fused-ring (bicyclic) bond motifs is 6. The molecule has 0 N–H and O–H groups in total. The minimum Gasteiger partial charge on any atom is -0.309 e. The largest absolute Gasteiger partial charge is 0.416 e. The van der Waals surface area contributed by atoms with Crippen LogP contribution in [0.25, 0.3) is 136 Å². The minimum absolute atomic E-state index is 0.165. The number of alkyl halides is 3. The van der Waals surface area contributed by atoms with Crippen molar-refractivity contribution in [2.75, 3.05) is 0 Å². The Balaban J connectivity index is 1.16. The summed E-state index contributed by atoms with van der Waals surface area (Å²) < 4.78 is 49.4. The van der Waals surface area contributed by atoms with Gasteiger partial charge in [0.25, 0.3) is 0 Å². The van der Waals surface area contributed by atoms with Crippen molar-refractivity contribution in [1.29, 1.82) is 31.6 Å². The molecular formula is C77H36F3N11. The van der Waals surface area contributed by atoms with Crippen molar-refractivity contribution in [3.8, 4) is 115 Å². The van der Waals surface area contributed by atoms with E-state index in [9.17, 15) is 31.6 Å². The van der Waals surface area contributed by atoms with E-state index in [1.54, 1.807) is 85.8 Å². The van der Waals surface area contributed by atoms with Crippen LogP contribution in [0.1, 0.15) is 44.5 Å². The van der Waals surface area contributed by atoms with Gasteiger partial charge in [-0.3, -0.25) is 0 Å². The van der Waals surface area contributed by atoms with Gasteiger partial charge in [-0.15, -0.1) is 0 Å². The molecule has 2 aromatic heterocycles. The predicted octanol–water partition coefficient (Wildman–Crippen LogP) is 20.1. The number of halogens is 3. The van der Waals surface area contributed by atoms with E-state index >= 15 is 13.2 Å². The molecule has 0 radical (unpaired) electrons. The first-order valence-corrected chi connectivity index (χ1v) is 28.0. The van der Waals surface area contributed by atoms with E-state index in [1.807, 2.05) is 94.1 Å². The molecule has 0 saturated carbocycles. The minimum atomic E-state index is -4.75. The summed E-state index contributed by atoms with van der Waals surface area (Å²) in [6, 6.07) is 70.2. The maximum absolute atomic E-state index is 15.1. The fraction of sp³-hybridized carbons (Fsp3) is 0.0260. The van der Waals surface area contributed by atoms with Crippen molar-refractivity contribution in [3.05, 3.63) is 279 Å². The molecule has 0 amide bonds. The molecule has 11 aromatic carbocycles. The summed E-state index contributed by atoms with van der Waals surface area (Å²) in [6.07, 6.45) is -4.75. The van der Waals surface area contributed by atoms with Gasteiger partial charge in [-0.2, -0.15) is 44.7 Å². The molecule has 11 nitrogen and oxygen atoms in total. The van der Waals surface area contributed by atoms with Crippen LogP contribution in [0.2, 0.25) is 0 Å². The lowest BCUT2D eigenvalue weighted by Crippen LogP contribution is -2.07. The topological polar surface area (TPSA) is 166 Å². The Morgan fingerprint density at radius 2 is 0.791 bits per heavy atom. The first kappa shape index (κ1) is 56.4. The Kier molecular flexibility index (Phi) is 13.8. The van der Waals surface area contributed by atoms with Crippen LogP contribution in [-0.2, 0) is 6.18 Å². The molecule has 0 unspecified atom stereocenters. The van der Waals surface area contributed by atoms with Crippen molar-refractivity contribution < 1.29 is 13.2 Å². The zero-order valence-corrected chi connectivity index (χ0v) is 47.6. The highest BCUT2D eigenvalue weighted by Crippen LogP contribution is 2.49. The van der Waals surface area contributed by atoms with Crippen LogP contribution in [0.4, 0.5) is 30.2 Å². The van der Waals surface area contributed by atoms with Gasteiger partial charge < -0.3 is 9.13 Å². The van der Waals surface area contributed by atoms with Gasteiger partial charge in [0.2, 0.25) is 0 Å². The summed E-state index contributed by atoms with van der Waals surface area (Å²) >= 11 is 0. The maximum atomic E-state index is 15.1. The molecule has 13 aromatic rings. The summed E-state index contributed by atoms with van der Waals surface area (Å²) in [5.41, 5.74) is 11.3. The smallest absolute Gasteiger partial charge is 0.309 e. The molecular weight excluding hydrogens is 1140 g/mol. The molecule has 0 aliphatic rings. The van der Waals surface area contributed by atoms with Crippen LogP contribution in [-0.4, -0.2) is 9.13 Å². The summed E-state index contributed by atoms with van der Waals surface area (Å²) in [7, 11) is 0. The van der Waals surface area contributed by atoms with Crippen molar-refractivity contribution >= 4 is 60.7 Å². The third-order valence-corrected chi connectivity index (χ3v) is 16.4. The quantitative estimate of drug-likeness (QED) is 0.137. The van der Waals surface area contributed by atoms with E-state index in [-0.39, 0.29) is 44.9 Å². The number of aryl methyl sites for hydroxylation is 1. The van der Waals surface area contributed by atoms with Gasteiger partial charge in [-0.1, -0.05) is 84.9 Å². The maximum Gasteiger partial charge on any atom is 0.416 e. The summed E-state index contributed by atoms with van der Waals surface area (Å²) in [4.78, 5) is 10.9. The van der Waals surface area contributed by atoms with Gasteiger partial charge in [-0.05, 0) is 183 Å². The molecule has 0 aliphatic carbocycles. The SMILES string of the molecule is [C-]#[N+]c1ccc(-c2ccc3c(c2)c2cc(-c4ccc(C#N)cc4C#N)ccc2n3-c2cccc(C#N)c2-c2c(-c3cc(C)cc(C(F)(F)F)c3)cccc2-n2c3ccc(-c4ccc([N+]#[C-])cc4C#N)cc3c3cc(-c4ccc(C#N)cc4[N+]#[C-])ccc32)c(C#N)c1. The first-order chi connectivity index (χ1) is 44.2. The Hall–Kier alpha value is -13.8. The molecule has 0 bridgehead atoms. The highest BCUT2D eigenvalue weighted by atomic mass is 19.4. The fourth-order valence-corrected chi connectivity index (χ4v) is 12.4. The van der Waals surface area contributed by atoms with Gasteiger partial charge in [-0.25, -0.2) is 14.5 Å². The molecule has 0 spiro atoms. The van der Waals surface area contributed by atoms with Crippen molar-refractivity contribution in [1.82, 2.24) is 9.13 Å². The van der Waals surface area contributed by atoms with Gasteiger partial charge >= 0.3 is 6.18 Å². The van der Waals surface area contributed by atoms with Crippen LogP contribution in [0, 0.1) is 94.6 Å². The van der Waals surface area contributed by atoms with Crippen LogP contribution in [0.3, 0.4) is 0 Å². The summed E-state index contributed by atoms with van der Waals surface area (Å²) in [5.74, 6) is 0. The van der Waals surface area contributed by atoms with Crippen LogP contribution >= 0.6 is 0 Å². The van der Waals surface area contributed by atoms with Crippen molar-refractivity contribution in [3.63, 3.8) is 0 Å². The normalized spacial score (nSPS) is 11.0.